The first-order chi connectivity index (χ1) is 18.0. The standard InChI is InChI=1S/C31H31ClN2O3/c1-2-18-33-31(36)28(20-23-10-4-3-5-11-23)34(21-24-12-8-15-26(32)19-24)30(35)22-37-29-17-9-14-25-13-6-7-16-27(25)29/h3-17,19,28H,2,18,20-22H2,1H3,(H,33,36). The Morgan fingerprint density at radius 2 is 1.59 bits per heavy atom. The summed E-state index contributed by atoms with van der Waals surface area (Å²) in [6, 6.07) is 30.0. The third-order valence-electron chi connectivity index (χ3n) is 6.16. The van der Waals surface area contributed by atoms with Crippen molar-refractivity contribution in [3.8, 4) is 5.75 Å². The van der Waals surface area contributed by atoms with E-state index in [-0.39, 0.29) is 25.0 Å². The SMILES string of the molecule is CCCNC(=O)C(Cc1ccccc1)N(Cc1cccc(Cl)c1)C(=O)COc1cccc2ccccc12. The molecule has 0 aliphatic rings. The van der Waals surface area contributed by atoms with E-state index < -0.39 is 6.04 Å². The Hall–Kier alpha value is -3.83. The number of carbonyl (C=O) groups is 2. The molecule has 0 spiro atoms. The highest BCUT2D eigenvalue weighted by molar-refractivity contribution is 6.30. The van der Waals surface area contributed by atoms with Crippen LogP contribution in [0.3, 0.4) is 0 Å². The maximum absolute atomic E-state index is 13.7. The Labute approximate surface area is 223 Å². The summed E-state index contributed by atoms with van der Waals surface area (Å²) in [5.74, 6) is 0.163. The van der Waals surface area contributed by atoms with Crippen LogP contribution in [0.25, 0.3) is 10.8 Å². The minimum atomic E-state index is -0.712. The first-order valence-corrected chi connectivity index (χ1v) is 12.9. The van der Waals surface area contributed by atoms with Gasteiger partial charge in [-0.15, -0.1) is 0 Å². The number of hydrogen-bond acceptors (Lipinski definition) is 3. The predicted octanol–water partition coefficient (Wildman–Crippen LogP) is 6.04. The summed E-state index contributed by atoms with van der Waals surface area (Å²) in [5.41, 5.74) is 1.81. The number of carbonyl (C=O) groups excluding carboxylic acids is 2. The van der Waals surface area contributed by atoms with Gasteiger partial charge in [-0.05, 0) is 41.1 Å². The highest BCUT2D eigenvalue weighted by Gasteiger charge is 2.30. The first-order valence-electron chi connectivity index (χ1n) is 12.5. The van der Waals surface area contributed by atoms with Crippen LogP contribution in [0.15, 0.2) is 97.1 Å². The lowest BCUT2D eigenvalue weighted by Gasteiger charge is -2.31. The molecule has 1 atom stereocenters. The molecule has 0 radical (unpaired) electrons. The second kappa shape index (κ2) is 12.9. The smallest absolute Gasteiger partial charge is 0.261 e. The second-order valence-electron chi connectivity index (χ2n) is 8.91. The van der Waals surface area contributed by atoms with E-state index in [1.165, 1.54) is 0 Å². The van der Waals surface area contributed by atoms with E-state index >= 15 is 0 Å². The minimum absolute atomic E-state index is 0.189. The lowest BCUT2D eigenvalue weighted by Crippen LogP contribution is -2.51. The van der Waals surface area contributed by atoms with Crippen LogP contribution < -0.4 is 10.1 Å². The van der Waals surface area contributed by atoms with Crippen LogP contribution >= 0.6 is 11.6 Å². The number of halogens is 1. The number of benzene rings is 4. The Kier molecular flexibility index (Phi) is 9.17. The molecule has 190 valence electrons. The van der Waals surface area contributed by atoms with Crippen LogP contribution in [0.1, 0.15) is 24.5 Å². The van der Waals surface area contributed by atoms with Gasteiger partial charge >= 0.3 is 0 Å². The van der Waals surface area contributed by atoms with Crippen LogP contribution in [-0.4, -0.2) is 35.9 Å². The summed E-state index contributed by atoms with van der Waals surface area (Å²) in [5, 5.41) is 5.52. The fraction of sp³-hybridized carbons (Fsp3) is 0.226. The highest BCUT2D eigenvalue weighted by atomic mass is 35.5. The molecule has 4 aromatic rings. The van der Waals surface area contributed by atoms with Crippen LogP contribution in [-0.2, 0) is 22.6 Å². The average Bonchev–Trinajstić information content (AvgIpc) is 2.93. The molecule has 1 N–H and O–H groups in total. The molecule has 0 bridgehead atoms. The van der Waals surface area contributed by atoms with Crippen molar-refractivity contribution in [1.29, 1.82) is 0 Å². The number of hydrogen-bond donors (Lipinski definition) is 1. The molecule has 6 heteroatoms. The average molecular weight is 515 g/mol. The van der Waals surface area contributed by atoms with E-state index in [9.17, 15) is 9.59 Å². The molecular formula is C31H31ClN2O3. The molecule has 4 aromatic carbocycles. The number of nitrogens with one attached hydrogen (secondary N) is 1. The number of ether oxygens (including phenoxy) is 1. The van der Waals surface area contributed by atoms with Gasteiger partial charge in [0.05, 0.1) is 0 Å². The quantitative estimate of drug-likeness (QED) is 0.265. The summed E-state index contributed by atoms with van der Waals surface area (Å²) in [6.07, 6.45) is 1.19. The molecule has 0 saturated carbocycles. The van der Waals surface area contributed by atoms with Gasteiger partial charge in [0, 0.05) is 29.9 Å². The molecule has 4 rings (SSSR count). The van der Waals surface area contributed by atoms with E-state index in [2.05, 4.69) is 5.32 Å². The summed E-state index contributed by atoms with van der Waals surface area (Å²) in [4.78, 5) is 28.7. The zero-order chi connectivity index (χ0) is 26.0. The Balaban J connectivity index is 1.63. The van der Waals surface area contributed by atoms with Gasteiger partial charge < -0.3 is 15.0 Å². The molecule has 1 unspecified atom stereocenters. The van der Waals surface area contributed by atoms with Gasteiger partial charge in [-0.25, -0.2) is 0 Å². The molecule has 37 heavy (non-hydrogen) atoms. The molecule has 0 aromatic heterocycles. The third-order valence-corrected chi connectivity index (χ3v) is 6.40. The number of amides is 2. The van der Waals surface area contributed by atoms with Gasteiger partial charge in [-0.3, -0.25) is 9.59 Å². The summed E-state index contributed by atoms with van der Waals surface area (Å²) in [6.45, 7) is 2.57. The second-order valence-corrected chi connectivity index (χ2v) is 9.35. The molecule has 5 nitrogen and oxygen atoms in total. The van der Waals surface area contributed by atoms with Crippen molar-refractivity contribution in [3.05, 3.63) is 113 Å². The predicted molar refractivity (Wildman–Crippen MR) is 149 cm³/mol. The molecule has 0 aliphatic carbocycles. The number of nitrogens with zero attached hydrogens (tertiary/aromatic N) is 1. The fourth-order valence-electron chi connectivity index (χ4n) is 4.30. The molecule has 2 amide bonds. The van der Waals surface area contributed by atoms with Gasteiger partial charge in [0.25, 0.3) is 5.91 Å². The van der Waals surface area contributed by atoms with Crippen LogP contribution in [0, 0.1) is 0 Å². The summed E-state index contributed by atoms with van der Waals surface area (Å²) >= 11 is 6.24. The normalized spacial score (nSPS) is 11.6. The lowest BCUT2D eigenvalue weighted by atomic mass is 10.0. The van der Waals surface area contributed by atoms with Gasteiger partial charge in [0.1, 0.15) is 11.8 Å². The maximum Gasteiger partial charge on any atom is 0.261 e. The van der Waals surface area contributed by atoms with Crippen molar-refractivity contribution >= 4 is 34.2 Å². The monoisotopic (exact) mass is 514 g/mol. The van der Waals surface area contributed by atoms with Crippen LogP contribution in [0.4, 0.5) is 0 Å². The molecule has 0 heterocycles. The Morgan fingerprint density at radius 1 is 0.892 bits per heavy atom. The maximum atomic E-state index is 13.7. The number of rotatable bonds is 11. The van der Waals surface area contributed by atoms with Gasteiger partial charge in [0.15, 0.2) is 6.61 Å². The van der Waals surface area contributed by atoms with Crippen molar-refractivity contribution < 1.29 is 14.3 Å². The van der Waals surface area contributed by atoms with Crippen molar-refractivity contribution in [2.45, 2.75) is 32.4 Å². The largest absolute Gasteiger partial charge is 0.483 e. The lowest BCUT2D eigenvalue weighted by molar-refractivity contribution is -0.142. The zero-order valence-electron chi connectivity index (χ0n) is 20.9. The van der Waals surface area contributed by atoms with Gasteiger partial charge in [0.2, 0.25) is 5.91 Å². The molecule has 0 fully saturated rings. The van der Waals surface area contributed by atoms with Crippen LogP contribution in [0.2, 0.25) is 5.02 Å². The van der Waals surface area contributed by atoms with E-state index in [0.29, 0.717) is 23.7 Å². The van der Waals surface area contributed by atoms with E-state index in [4.69, 9.17) is 16.3 Å². The third kappa shape index (κ3) is 7.11. The van der Waals surface area contributed by atoms with Crippen molar-refractivity contribution in [2.75, 3.05) is 13.2 Å². The van der Waals surface area contributed by atoms with Crippen molar-refractivity contribution in [1.82, 2.24) is 10.2 Å². The van der Waals surface area contributed by atoms with E-state index in [0.717, 1.165) is 28.3 Å². The molecule has 0 saturated heterocycles. The van der Waals surface area contributed by atoms with Gasteiger partial charge in [-0.1, -0.05) is 97.4 Å². The topological polar surface area (TPSA) is 58.6 Å². The van der Waals surface area contributed by atoms with Crippen LogP contribution in [0.5, 0.6) is 5.75 Å². The van der Waals surface area contributed by atoms with Crippen molar-refractivity contribution in [2.24, 2.45) is 0 Å². The zero-order valence-corrected chi connectivity index (χ0v) is 21.7. The minimum Gasteiger partial charge on any atom is -0.483 e. The van der Waals surface area contributed by atoms with Crippen molar-refractivity contribution in [3.63, 3.8) is 0 Å². The Bertz CT molecular complexity index is 1340. The Morgan fingerprint density at radius 3 is 2.38 bits per heavy atom. The molecule has 0 aliphatic heterocycles. The highest BCUT2D eigenvalue weighted by Crippen LogP contribution is 2.25. The van der Waals surface area contributed by atoms with E-state index in [1.807, 2.05) is 97.9 Å². The summed E-state index contributed by atoms with van der Waals surface area (Å²) < 4.78 is 6.04. The molecular weight excluding hydrogens is 484 g/mol. The van der Waals surface area contributed by atoms with Gasteiger partial charge in [-0.2, -0.15) is 0 Å². The summed E-state index contributed by atoms with van der Waals surface area (Å²) in [7, 11) is 0. The first kappa shape index (κ1) is 26.2. The fourth-order valence-corrected chi connectivity index (χ4v) is 4.51. The van der Waals surface area contributed by atoms with E-state index in [1.54, 1.807) is 11.0 Å². The number of fused-ring (bicyclic) bond motifs is 1.